The van der Waals surface area contributed by atoms with E-state index in [1.807, 2.05) is 6.92 Å². The average Bonchev–Trinajstić information content (AvgIpc) is 2.30. The van der Waals surface area contributed by atoms with E-state index in [1.54, 1.807) is 0 Å². The first-order chi connectivity index (χ1) is 8.52. The standard InChI is InChI=1S/C15H32N2O/c1-5-16-15-7-6-12(2)10-14(15)11-17(4)9-8-13(3)18/h12-16,18H,5-11H2,1-4H3. The van der Waals surface area contributed by atoms with E-state index in [2.05, 4.69) is 31.1 Å². The molecule has 3 nitrogen and oxygen atoms in total. The predicted molar refractivity (Wildman–Crippen MR) is 77.8 cm³/mol. The van der Waals surface area contributed by atoms with Crippen LogP contribution in [0.5, 0.6) is 0 Å². The minimum absolute atomic E-state index is 0.178. The Morgan fingerprint density at radius 1 is 1.39 bits per heavy atom. The molecule has 1 saturated carbocycles. The summed E-state index contributed by atoms with van der Waals surface area (Å²) in [6.07, 6.45) is 4.74. The summed E-state index contributed by atoms with van der Waals surface area (Å²) in [5, 5.41) is 13.0. The lowest BCUT2D eigenvalue weighted by atomic mass is 9.78. The molecule has 1 rings (SSSR count). The van der Waals surface area contributed by atoms with Crippen molar-refractivity contribution in [1.29, 1.82) is 0 Å². The second kappa shape index (κ2) is 8.13. The maximum Gasteiger partial charge on any atom is 0.0524 e. The van der Waals surface area contributed by atoms with Crippen molar-refractivity contribution in [2.24, 2.45) is 11.8 Å². The van der Waals surface area contributed by atoms with E-state index in [0.717, 1.165) is 37.9 Å². The molecule has 1 aliphatic rings. The van der Waals surface area contributed by atoms with Gasteiger partial charge in [0.1, 0.15) is 0 Å². The van der Waals surface area contributed by atoms with Gasteiger partial charge in [0, 0.05) is 19.1 Å². The lowest BCUT2D eigenvalue weighted by Crippen LogP contribution is -2.45. The molecule has 0 spiro atoms. The molecule has 0 aromatic rings. The molecule has 0 saturated heterocycles. The summed E-state index contributed by atoms with van der Waals surface area (Å²) in [6, 6.07) is 0.695. The Labute approximate surface area is 113 Å². The minimum Gasteiger partial charge on any atom is -0.393 e. The number of rotatable bonds is 7. The molecule has 108 valence electrons. The molecular weight excluding hydrogens is 224 g/mol. The number of aliphatic hydroxyl groups excluding tert-OH is 1. The van der Waals surface area contributed by atoms with Crippen LogP contribution in [0.25, 0.3) is 0 Å². The largest absolute Gasteiger partial charge is 0.393 e. The maximum absolute atomic E-state index is 9.35. The quantitative estimate of drug-likeness (QED) is 0.732. The molecule has 0 bridgehead atoms. The van der Waals surface area contributed by atoms with Crippen molar-refractivity contribution in [3.63, 3.8) is 0 Å². The van der Waals surface area contributed by atoms with Gasteiger partial charge in [0.05, 0.1) is 6.10 Å². The fourth-order valence-corrected chi connectivity index (χ4v) is 3.13. The van der Waals surface area contributed by atoms with Crippen LogP contribution in [0.2, 0.25) is 0 Å². The summed E-state index contributed by atoms with van der Waals surface area (Å²) in [6.45, 7) is 9.69. The molecule has 4 atom stereocenters. The Balaban J connectivity index is 2.39. The van der Waals surface area contributed by atoms with E-state index in [1.165, 1.54) is 19.3 Å². The van der Waals surface area contributed by atoms with Crippen LogP contribution >= 0.6 is 0 Å². The van der Waals surface area contributed by atoms with Gasteiger partial charge in [-0.25, -0.2) is 0 Å². The van der Waals surface area contributed by atoms with Crippen LogP contribution in [0.3, 0.4) is 0 Å². The Bertz CT molecular complexity index is 221. The van der Waals surface area contributed by atoms with Crippen LogP contribution in [-0.2, 0) is 0 Å². The number of hydrogen-bond donors (Lipinski definition) is 2. The number of nitrogens with one attached hydrogen (secondary N) is 1. The fraction of sp³-hybridized carbons (Fsp3) is 1.00. The predicted octanol–water partition coefficient (Wildman–Crippen LogP) is 2.10. The zero-order valence-electron chi connectivity index (χ0n) is 12.7. The Morgan fingerprint density at radius 3 is 2.72 bits per heavy atom. The maximum atomic E-state index is 9.35. The molecule has 1 aliphatic carbocycles. The van der Waals surface area contributed by atoms with Crippen molar-refractivity contribution in [2.75, 3.05) is 26.7 Å². The third kappa shape index (κ3) is 5.68. The van der Waals surface area contributed by atoms with Crippen molar-refractivity contribution in [3.05, 3.63) is 0 Å². The van der Waals surface area contributed by atoms with E-state index >= 15 is 0 Å². The highest BCUT2D eigenvalue weighted by Crippen LogP contribution is 2.29. The SMILES string of the molecule is CCNC1CCC(C)CC1CN(C)CCC(C)O. The Morgan fingerprint density at radius 2 is 2.11 bits per heavy atom. The highest BCUT2D eigenvalue weighted by molar-refractivity contribution is 4.85. The molecule has 0 heterocycles. The molecular formula is C15H32N2O. The van der Waals surface area contributed by atoms with Gasteiger partial charge in [-0.2, -0.15) is 0 Å². The number of nitrogens with zero attached hydrogens (tertiary/aromatic N) is 1. The molecule has 0 aromatic heterocycles. The zero-order chi connectivity index (χ0) is 13.5. The molecule has 1 fully saturated rings. The van der Waals surface area contributed by atoms with Crippen LogP contribution in [0.4, 0.5) is 0 Å². The number of hydrogen-bond acceptors (Lipinski definition) is 3. The van der Waals surface area contributed by atoms with Gasteiger partial charge in [0.15, 0.2) is 0 Å². The zero-order valence-corrected chi connectivity index (χ0v) is 12.7. The minimum atomic E-state index is -0.178. The summed E-state index contributed by atoms with van der Waals surface area (Å²) >= 11 is 0. The summed E-state index contributed by atoms with van der Waals surface area (Å²) < 4.78 is 0. The highest BCUT2D eigenvalue weighted by Gasteiger charge is 2.28. The monoisotopic (exact) mass is 256 g/mol. The van der Waals surface area contributed by atoms with Crippen LogP contribution in [0.1, 0.15) is 46.5 Å². The van der Waals surface area contributed by atoms with Gasteiger partial charge in [0.2, 0.25) is 0 Å². The van der Waals surface area contributed by atoms with Crippen molar-refractivity contribution >= 4 is 0 Å². The summed E-state index contributed by atoms with van der Waals surface area (Å²) in [5.41, 5.74) is 0. The highest BCUT2D eigenvalue weighted by atomic mass is 16.3. The van der Waals surface area contributed by atoms with Gasteiger partial charge in [-0.1, -0.05) is 13.8 Å². The lowest BCUT2D eigenvalue weighted by molar-refractivity contribution is 0.134. The smallest absolute Gasteiger partial charge is 0.0524 e. The molecule has 0 amide bonds. The third-order valence-electron chi connectivity index (χ3n) is 4.19. The number of aliphatic hydroxyl groups is 1. The molecule has 0 radical (unpaired) electrons. The van der Waals surface area contributed by atoms with E-state index in [4.69, 9.17) is 0 Å². The topological polar surface area (TPSA) is 35.5 Å². The molecule has 18 heavy (non-hydrogen) atoms. The van der Waals surface area contributed by atoms with E-state index < -0.39 is 0 Å². The first kappa shape index (κ1) is 15.9. The van der Waals surface area contributed by atoms with E-state index in [0.29, 0.717) is 6.04 Å². The normalized spacial score (nSPS) is 30.7. The second-order valence-electron chi connectivity index (χ2n) is 6.24. The Hall–Kier alpha value is -0.120. The summed E-state index contributed by atoms with van der Waals surface area (Å²) in [5.74, 6) is 1.64. The first-order valence-corrected chi connectivity index (χ1v) is 7.62. The third-order valence-corrected chi connectivity index (χ3v) is 4.19. The first-order valence-electron chi connectivity index (χ1n) is 7.62. The van der Waals surface area contributed by atoms with Crippen LogP contribution < -0.4 is 5.32 Å². The van der Waals surface area contributed by atoms with Gasteiger partial charge in [-0.15, -0.1) is 0 Å². The average molecular weight is 256 g/mol. The van der Waals surface area contributed by atoms with Crippen LogP contribution in [0.15, 0.2) is 0 Å². The van der Waals surface area contributed by atoms with Gasteiger partial charge >= 0.3 is 0 Å². The van der Waals surface area contributed by atoms with Crippen molar-refractivity contribution in [3.8, 4) is 0 Å². The summed E-state index contributed by atoms with van der Waals surface area (Å²) in [7, 11) is 2.19. The van der Waals surface area contributed by atoms with Crippen molar-refractivity contribution in [2.45, 2.75) is 58.6 Å². The van der Waals surface area contributed by atoms with Gasteiger partial charge in [-0.05, 0) is 58.0 Å². The molecule has 2 N–H and O–H groups in total. The fourth-order valence-electron chi connectivity index (χ4n) is 3.13. The molecule has 4 unspecified atom stereocenters. The van der Waals surface area contributed by atoms with Gasteiger partial charge in [0.25, 0.3) is 0 Å². The molecule has 0 aliphatic heterocycles. The van der Waals surface area contributed by atoms with Crippen LogP contribution in [0, 0.1) is 11.8 Å². The second-order valence-corrected chi connectivity index (χ2v) is 6.24. The van der Waals surface area contributed by atoms with Crippen molar-refractivity contribution in [1.82, 2.24) is 10.2 Å². The van der Waals surface area contributed by atoms with Gasteiger partial charge in [-0.3, -0.25) is 0 Å². The van der Waals surface area contributed by atoms with Crippen molar-refractivity contribution < 1.29 is 5.11 Å². The lowest BCUT2D eigenvalue weighted by Gasteiger charge is -2.37. The summed E-state index contributed by atoms with van der Waals surface area (Å²) in [4.78, 5) is 2.39. The van der Waals surface area contributed by atoms with Crippen LogP contribution in [-0.4, -0.2) is 48.8 Å². The van der Waals surface area contributed by atoms with E-state index in [9.17, 15) is 5.11 Å². The molecule has 3 heteroatoms. The van der Waals surface area contributed by atoms with E-state index in [-0.39, 0.29) is 6.10 Å². The molecule has 0 aromatic carbocycles. The Kier molecular flexibility index (Phi) is 7.20. The van der Waals surface area contributed by atoms with Gasteiger partial charge < -0.3 is 15.3 Å².